The lowest BCUT2D eigenvalue weighted by atomic mass is 9.92. The minimum Gasteiger partial charge on any atom is -0.347 e. The van der Waals surface area contributed by atoms with Crippen molar-refractivity contribution >= 4 is 41.6 Å². The number of amides is 3. The minimum atomic E-state index is -0.773. The van der Waals surface area contributed by atoms with Crippen molar-refractivity contribution in [1.82, 2.24) is 25.4 Å². The maximum atomic E-state index is 15.5. The number of hydrazine groups is 1. The molecule has 0 bridgehead atoms. The first-order chi connectivity index (χ1) is 16.7. The molecule has 2 heterocycles. The van der Waals surface area contributed by atoms with Gasteiger partial charge in [0.05, 0.1) is 12.5 Å². The van der Waals surface area contributed by atoms with Gasteiger partial charge in [0, 0.05) is 20.6 Å². The van der Waals surface area contributed by atoms with Crippen molar-refractivity contribution in [2.24, 2.45) is 11.8 Å². The summed E-state index contributed by atoms with van der Waals surface area (Å²) in [6, 6.07) is -0.527. The Bertz CT molecular complexity index is 916. The second-order valence-electron chi connectivity index (χ2n) is 9.21. The average Bonchev–Trinajstić information content (AvgIpc) is 3.54. The lowest BCUT2D eigenvalue weighted by Crippen LogP contribution is -2.44. The number of anilines is 2. The molecule has 1 aromatic heterocycles. The van der Waals surface area contributed by atoms with Crippen molar-refractivity contribution in [3.05, 3.63) is 5.82 Å². The fourth-order valence-electron chi connectivity index (χ4n) is 4.76. The van der Waals surface area contributed by atoms with Crippen LogP contribution in [0.3, 0.4) is 0 Å². The third-order valence-electron chi connectivity index (χ3n) is 6.54. The summed E-state index contributed by atoms with van der Waals surface area (Å²) in [5.41, 5.74) is 5.05. The number of aromatic nitrogens is 2. The SMILES string of the molecule is CSc1nc(NNC(=O)C(CC2CCCC2)CN(O)C=O)c(F)c(N2CCC[C@H]2C(=O)N(C)C)n1. The molecular weight excluding hydrogens is 477 g/mol. The largest absolute Gasteiger partial charge is 0.347 e. The summed E-state index contributed by atoms with van der Waals surface area (Å²) in [5.74, 6) is -1.94. The Morgan fingerprint density at radius 2 is 1.97 bits per heavy atom. The Kier molecular flexibility index (Phi) is 9.49. The van der Waals surface area contributed by atoms with Crippen LogP contribution >= 0.6 is 11.8 Å². The second-order valence-corrected chi connectivity index (χ2v) is 9.98. The number of halogens is 1. The van der Waals surface area contributed by atoms with Gasteiger partial charge < -0.3 is 9.80 Å². The number of nitrogens with one attached hydrogen (secondary N) is 2. The fourth-order valence-corrected chi connectivity index (χ4v) is 5.12. The summed E-state index contributed by atoms with van der Waals surface area (Å²) in [5, 5.41) is 10.4. The van der Waals surface area contributed by atoms with Gasteiger partial charge in [0.15, 0.2) is 16.8 Å². The van der Waals surface area contributed by atoms with Crippen LogP contribution in [0.1, 0.15) is 44.9 Å². The molecule has 3 rings (SSSR count). The summed E-state index contributed by atoms with van der Waals surface area (Å²) in [6.45, 7) is 0.308. The van der Waals surface area contributed by atoms with E-state index in [1.165, 1.54) is 16.7 Å². The molecule has 3 N–H and O–H groups in total. The van der Waals surface area contributed by atoms with E-state index < -0.39 is 23.7 Å². The molecule has 0 radical (unpaired) electrons. The molecule has 1 saturated heterocycles. The van der Waals surface area contributed by atoms with Gasteiger partial charge in [0.25, 0.3) is 0 Å². The molecule has 1 aromatic rings. The highest BCUT2D eigenvalue weighted by molar-refractivity contribution is 7.98. The van der Waals surface area contributed by atoms with Crippen LogP contribution in [-0.4, -0.2) is 82.8 Å². The molecule has 3 amide bonds. The molecule has 1 aliphatic heterocycles. The fraction of sp³-hybridized carbons (Fsp3) is 0.682. The van der Waals surface area contributed by atoms with Crippen molar-refractivity contribution in [3.8, 4) is 0 Å². The van der Waals surface area contributed by atoms with Crippen molar-refractivity contribution in [2.75, 3.05) is 43.8 Å². The molecule has 2 fully saturated rings. The molecule has 2 atom stereocenters. The van der Waals surface area contributed by atoms with E-state index in [2.05, 4.69) is 20.8 Å². The maximum Gasteiger partial charge on any atom is 0.244 e. The zero-order chi connectivity index (χ0) is 25.5. The van der Waals surface area contributed by atoms with Gasteiger partial charge in [-0.3, -0.25) is 30.4 Å². The Morgan fingerprint density at radius 3 is 2.60 bits per heavy atom. The van der Waals surface area contributed by atoms with E-state index in [1.807, 2.05) is 0 Å². The molecule has 0 spiro atoms. The molecule has 2 aliphatic rings. The predicted molar refractivity (Wildman–Crippen MR) is 129 cm³/mol. The highest BCUT2D eigenvalue weighted by atomic mass is 32.2. The average molecular weight is 512 g/mol. The number of hydrogen-bond donors (Lipinski definition) is 3. The van der Waals surface area contributed by atoms with Crippen LogP contribution in [0.4, 0.5) is 16.0 Å². The third kappa shape index (κ3) is 6.72. The van der Waals surface area contributed by atoms with E-state index in [4.69, 9.17) is 0 Å². The monoisotopic (exact) mass is 511 g/mol. The van der Waals surface area contributed by atoms with Crippen LogP contribution in [-0.2, 0) is 14.4 Å². The molecular formula is C22H34FN7O4S. The van der Waals surface area contributed by atoms with E-state index in [-0.39, 0.29) is 35.7 Å². The number of carbonyl (C=O) groups is 3. The number of hydroxylamine groups is 2. The molecule has 35 heavy (non-hydrogen) atoms. The number of likely N-dealkylation sites (N-methyl/N-ethyl adjacent to an activating group) is 1. The van der Waals surface area contributed by atoms with Crippen LogP contribution in [0.25, 0.3) is 0 Å². The first-order valence-electron chi connectivity index (χ1n) is 11.8. The summed E-state index contributed by atoms with van der Waals surface area (Å²) < 4.78 is 15.5. The van der Waals surface area contributed by atoms with E-state index >= 15 is 4.39 Å². The van der Waals surface area contributed by atoms with Gasteiger partial charge in [-0.15, -0.1) is 0 Å². The zero-order valence-electron chi connectivity index (χ0n) is 20.4. The number of thioether (sulfide) groups is 1. The van der Waals surface area contributed by atoms with Gasteiger partial charge in [-0.25, -0.2) is 15.0 Å². The Labute approximate surface area is 208 Å². The quantitative estimate of drug-likeness (QED) is 0.134. The number of carbonyl (C=O) groups excluding carboxylic acids is 3. The minimum absolute atomic E-state index is 0.00351. The van der Waals surface area contributed by atoms with Crippen LogP contribution in [0.5, 0.6) is 0 Å². The first kappa shape index (κ1) is 26.9. The molecule has 13 heteroatoms. The third-order valence-corrected chi connectivity index (χ3v) is 7.09. The summed E-state index contributed by atoms with van der Waals surface area (Å²) in [6.07, 6.45) is 7.99. The first-order valence-corrected chi connectivity index (χ1v) is 13.0. The van der Waals surface area contributed by atoms with E-state index in [0.717, 1.165) is 32.1 Å². The van der Waals surface area contributed by atoms with Crippen LogP contribution < -0.4 is 15.8 Å². The molecule has 11 nitrogen and oxygen atoms in total. The standard InChI is InChI=1S/C22H34FN7O4S/c1-28(2)21(33)16-9-6-10-30(16)19-17(23)18(24-22(25-19)35-3)26-27-20(32)15(12-29(34)13-31)11-14-7-4-5-8-14/h13-16,34H,4-12H2,1-3H3,(H,27,32)(H,24,25,26)/t15?,16-/m0/s1. The van der Waals surface area contributed by atoms with Crippen molar-refractivity contribution in [1.29, 1.82) is 0 Å². The van der Waals surface area contributed by atoms with Gasteiger partial charge in [0.1, 0.15) is 6.04 Å². The molecule has 194 valence electrons. The molecule has 0 aromatic carbocycles. The Morgan fingerprint density at radius 1 is 1.26 bits per heavy atom. The van der Waals surface area contributed by atoms with Crippen molar-refractivity contribution in [2.45, 2.75) is 56.1 Å². The zero-order valence-corrected chi connectivity index (χ0v) is 21.2. The highest BCUT2D eigenvalue weighted by Crippen LogP contribution is 2.32. The van der Waals surface area contributed by atoms with Gasteiger partial charge in [-0.1, -0.05) is 37.4 Å². The number of nitrogens with zero attached hydrogens (tertiary/aromatic N) is 5. The summed E-state index contributed by atoms with van der Waals surface area (Å²) >= 11 is 1.21. The van der Waals surface area contributed by atoms with E-state index in [9.17, 15) is 19.6 Å². The molecule has 1 unspecified atom stereocenters. The summed E-state index contributed by atoms with van der Waals surface area (Å²) in [7, 11) is 3.32. The van der Waals surface area contributed by atoms with E-state index in [0.29, 0.717) is 30.4 Å². The molecule has 1 saturated carbocycles. The van der Waals surface area contributed by atoms with E-state index in [1.54, 1.807) is 25.3 Å². The summed E-state index contributed by atoms with van der Waals surface area (Å²) in [4.78, 5) is 48.0. The predicted octanol–water partition coefficient (Wildman–Crippen LogP) is 1.88. The smallest absolute Gasteiger partial charge is 0.244 e. The van der Waals surface area contributed by atoms with Gasteiger partial charge in [-0.2, -0.15) is 4.39 Å². The number of hydrogen-bond acceptors (Lipinski definition) is 9. The second kappa shape index (κ2) is 12.3. The lowest BCUT2D eigenvalue weighted by Gasteiger charge is -2.28. The van der Waals surface area contributed by atoms with Crippen LogP contribution in [0.15, 0.2) is 5.16 Å². The normalized spacial score (nSPS) is 18.9. The van der Waals surface area contributed by atoms with Gasteiger partial charge in [-0.05, 0) is 31.4 Å². The van der Waals surface area contributed by atoms with Crippen LogP contribution in [0, 0.1) is 17.7 Å². The molecule has 1 aliphatic carbocycles. The number of rotatable bonds is 11. The Balaban J connectivity index is 1.78. The topological polar surface area (TPSA) is 131 Å². The van der Waals surface area contributed by atoms with Gasteiger partial charge >= 0.3 is 0 Å². The van der Waals surface area contributed by atoms with Crippen LogP contribution in [0.2, 0.25) is 0 Å². The van der Waals surface area contributed by atoms with Crippen molar-refractivity contribution in [3.63, 3.8) is 0 Å². The van der Waals surface area contributed by atoms with Gasteiger partial charge in [0.2, 0.25) is 24.0 Å². The lowest BCUT2D eigenvalue weighted by molar-refractivity contribution is -0.154. The Hall–Kier alpha value is -2.67. The van der Waals surface area contributed by atoms with Crippen molar-refractivity contribution < 1.29 is 24.0 Å². The maximum absolute atomic E-state index is 15.5. The highest BCUT2D eigenvalue weighted by Gasteiger charge is 2.35.